The quantitative estimate of drug-likeness (QED) is 0.591. The van der Waals surface area contributed by atoms with Gasteiger partial charge in [-0.1, -0.05) is 15.9 Å². The van der Waals surface area contributed by atoms with E-state index in [0.29, 0.717) is 16.3 Å². The number of benzene rings is 1. The van der Waals surface area contributed by atoms with Gasteiger partial charge in [0.15, 0.2) is 11.6 Å². The van der Waals surface area contributed by atoms with Gasteiger partial charge in [-0.05, 0) is 31.5 Å². The molecule has 0 saturated carbocycles. The summed E-state index contributed by atoms with van der Waals surface area (Å²) in [6.07, 6.45) is 0.699. The fraction of sp³-hybridized carbons (Fsp3) is 0.300. The summed E-state index contributed by atoms with van der Waals surface area (Å²) in [5, 5.41) is 0. The summed E-state index contributed by atoms with van der Waals surface area (Å²) < 4.78 is 26.1. The first-order valence-electron chi connectivity index (χ1n) is 4.00. The lowest BCUT2D eigenvalue weighted by Gasteiger charge is -2.19. The second-order valence-electron chi connectivity index (χ2n) is 3.59. The fourth-order valence-electron chi connectivity index (χ4n) is 1.08. The highest BCUT2D eigenvalue weighted by Gasteiger charge is 2.24. The molecule has 0 unspecified atom stereocenters. The zero-order valence-electron chi connectivity index (χ0n) is 7.77. The molecule has 14 heavy (non-hydrogen) atoms. The van der Waals surface area contributed by atoms with E-state index < -0.39 is 17.0 Å². The van der Waals surface area contributed by atoms with Crippen molar-refractivity contribution in [3.63, 3.8) is 0 Å². The van der Waals surface area contributed by atoms with Gasteiger partial charge in [-0.2, -0.15) is 0 Å². The zero-order valence-corrected chi connectivity index (χ0v) is 9.36. The second-order valence-corrected chi connectivity index (χ2v) is 4.44. The first-order valence-corrected chi connectivity index (χ1v) is 4.79. The summed E-state index contributed by atoms with van der Waals surface area (Å²) in [7, 11) is 0. The molecule has 0 radical (unpaired) electrons. The first-order chi connectivity index (χ1) is 6.38. The molecule has 4 heteroatoms. The van der Waals surface area contributed by atoms with Gasteiger partial charge in [0.1, 0.15) is 6.29 Å². The maximum atomic E-state index is 12.9. The predicted octanol–water partition coefficient (Wildman–Crippen LogP) is 3.20. The Labute approximate surface area is 89.3 Å². The molecule has 1 rings (SSSR count). The van der Waals surface area contributed by atoms with Crippen LogP contribution >= 0.6 is 15.9 Å². The van der Waals surface area contributed by atoms with Crippen molar-refractivity contribution >= 4 is 22.2 Å². The maximum Gasteiger partial charge on any atom is 0.159 e. The van der Waals surface area contributed by atoms with Gasteiger partial charge in [0.25, 0.3) is 0 Å². The Morgan fingerprint density at radius 3 is 2.29 bits per heavy atom. The van der Waals surface area contributed by atoms with Crippen molar-refractivity contribution in [2.24, 2.45) is 0 Å². The topological polar surface area (TPSA) is 17.1 Å². The molecule has 0 heterocycles. The van der Waals surface area contributed by atoms with Crippen LogP contribution in [0.2, 0.25) is 0 Å². The van der Waals surface area contributed by atoms with Crippen molar-refractivity contribution < 1.29 is 13.6 Å². The Kier molecular flexibility index (Phi) is 3.04. The average molecular weight is 263 g/mol. The van der Waals surface area contributed by atoms with Gasteiger partial charge in [0, 0.05) is 9.89 Å². The molecule has 1 nitrogen and oxygen atoms in total. The number of carbonyl (C=O) groups excluding carboxylic acids is 1. The highest BCUT2D eigenvalue weighted by molar-refractivity contribution is 9.10. The molecule has 1 aromatic carbocycles. The van der Waals surface area contributed by atoms with Crippen LogP contribution in [0.4, 0.5) is 8.78 Å². The molecule has 1 aromatic rings. The Hall–Kier alpha value is -0.770. The van der Waals surface area contributed by atoms with Crippen LogP contribution in [0.3, 0.4) is 0 Å². The van der Waals surface area contributed by atoms with Gasteiger partial charge in [-0.25, -0.2) is 8.78 Å². The smallest absolute Gasteiger partial charge is 0.159 e. The van der Waals surface area contributed by atoms with Crippen molar-refractivity contribution in [2.75, 3.05) is 0 Å². The monoisotopic (exact) mass is 262 g/mol. The van der Waals surface area contributed by atoms with E-state index in [1.54, 1.807) is 13.8 Å². The van der Waals surface area contributed by atoms with E-state index in [1.807, 2.05) is 0 Å². The van der Waals surface area contributed by atoms with Gasteiger partial charge in [-0.15, -0.1) is 0 Å². The number of hydrogen-bond donors (Lipinski definition) is 0. The van der Waals surface area contributed by atoms with Gasteiger partial charge in [0.2, 0.25) is 0 Å². The van der Waals surface area contributed by atoms with Gasteiger partial charge >= 0.3 is 0 Å². The molecular formula is C10H9BrF2O. The van der Waals surface area contributed by atoms with Crippen LogP contribution in [-0.2, 0) is 10.2 Å². The minimum Gasteiger partial charge on any atom is -0.302 e. The number of rotatable bonds is 2. The Morgan fingerprint density at radius 2 is 1.79 bits per heavy atom. The van der Waals surface area contributed by atoms with Crippen LogP contribution in [-0.4, -0.2) is 6.29 Å². The van der Waals surface area contributed by atoms with Crippen molar-refractivity contribution in [3.8, 4) is 0 Å². The van der Waals surface area contributed by atoms with Crippen LogP contribution in [0.25, 0.3) is 0 Å². The van der Waals surface area contributed by atoms with Crippen LogP contribution in [0, 0.1) is 11.6 Å². The molecular weight excluding hydrogens is 254 g/mol. The SMILES string of the molecule is CC(C)(C=O)c1cc(F)c(F)cc1Br. The van der Waals surface area contributed by atoms with E-state index in [-0.39, 0.29) is 0 Å². The van der Waals surface area contributed by atoms with Crippen LogP contribution in [0.1, 0.15) is 19.4 Å². The normalized spacial score (nSPS) is 11.5. The van der Waals surface area contributed by atoms with Crippen LogP contribution < -0.4 is 0 Å². The minimum absolute atomic E-state index is 0.397. The molecule has 76 valence electrons. The lowest BCUT2D eigenvalue weighted by Crippen LogP contribution is -2.19. The third-order valence-electron chi connectivity index (χ3n) is 2.00. The van der Waals surface area contributed by atoms with Gasteiger partial charge < -0.3 is 4.79 Å². The average Bonchev–Trinajstić information content (AvgIpc) is 2.11. The van der Waals surface area contributed by atoms with Crippen molar-refractivity contribution in [1.29, 1.82) is 0 Å². The van der Waals surface area contributed by atoms with Crippen molar-refractivity contribution in [3.05, 3.63) is 33.8 Å². The lowest BCUT2D eigenvalue weighted by atomic mass is 9.86. The summed E-state index contributed by atoms with van der Waals surface area (Å²) in [4.78, 5) is 10.7. The molecule has 0 aromatic heterocycles. The summed E-state index contributed by atoms with van der Waals surface area (Å²) in [5.41, 5.74) is -0.390. The van der Waals surface area contributed by atoms with E-state index in [4.69, 9.17) is 0 Å². The van der Waals surface area contributed by atoms with Gasteiger partial charge in [0.05, 0.1) is 0 Å². The standard InChI is InChI=1S/C10H9BrF2O/c1-10(2,5-14)6-3-8(12)9(13)4-7(6)11/h3-5H,1-2H3. The first kappa shape index (κ1) is 11.3. The molecule has 0 aliphatic heterocycles. The lowest BCUT2D eigenvalue weighted by molar-refractivity contribution is -0.111. The molecule has 0 N–H and O–H groups in total. The molecule has 0 saturated heterocycles. The van der Waals surface area contributed by atoms with Crippen molar-refractivity contribution in [1.82, 2.24) is 0 Å². The third-order valence-corrected chi connectivity index (χ3v) is 2.65. The Morgan fingerprint density at radius 1 is 1.29 bits per heavy atom. The third kappa shape index (κ3) is 2.00. The molecule has 0 spiro atoms. The van der Waals surface area contributed by atoms with Gasteiger partial charge in [-0.3, -0.25) is 0 Å². The number of halogens is 3. The highest BCUT2D eigenvalue weighted by atomic mass is 79.9. The highest BCUT2D eigenvalue weighted by Crippen LogP contribution is 2.30. The molecule has 0 fully saturated rings. The number of aldehydes is 1. The minimum atomic E-state index is -0.946. The van der Waals surface area contributed by atoms with E-state index in [1.165, 1.54) is 0 Å². The maximum absolute atomic E-state index is 12.9. The van der Waals surface area contributed by atoms with Crippen molar-refractivity contribution in [2.45, 2.75) is 19.3 Å². The van der Waals surface area contributed by atoms with E-state index in [9.17, 15) is 13.6 Å². The fourth-order valence-corrected chi connectivity index (χ4v) is 1.91. The molecule has 0 aliphatic rings. The van der Waals surface area contributed by atoms with Crippen LogP contribution in [0.15, 0.2) is 16.6 Å². The van der Waals surface area contributed by atoms with Crippen LogP contribution in [0.5, 0.6) is 0 Å². The van der Waals surface area contributed by atoms with E-state index in [0.717, 1.165) is 12.1 Å². The Balaban J connectivity index is 3.36. The molecule has 0 bridgehead atoms. The zero-order chi connectivity index (χ0) is 10.9. The summed E-state index contributed by atoms with van der Waals surface area (Å²) in [6.45, 7) is 3.27. The molecule has 0 aliphatic carbocycles. The molecule has 0 amide bonds. The summed E-state index contributed by atoms with van der Waals surface area (Å²) in [6, 6.07) is 2.06. The second kappa shape index (κ2) is 3.77. The molecule has 0 atom stereocenters. The number of carbonyl (C=O) groups is 1. The Bertz CT molecular complexity index is 375. The van der Waals surface area contributed by atoms with E-state index >= 15 is 0 Å². The van der Waals surface area contributed by atoms with E-state index in [2.05, 4.69) is 15.9 Å². The summed E-state index contributed by atoms with van der Waals surface area (Å²) in [5.74, 6) is -1.87. The predicted molar refractivity (Wildman–Crippen MR) is 53.1 cm³/mol. The largest absolute Gasteiger partial charge is 0.302 e. The number of hydrogen-bond acceptors (Lipinski definition) is 1. The summed E-state index contributed by atoms with van der Waals surface area (Å²) >= 11 is 3.09.